The van der Waals surface area contributed by atoms with Crippen molar-refractivity contribution in [3.05, 3.63) is 0 Å². The standard InChI is InChI=1S/C13H26N2O2/c1-4-6-14-12-7-11(10(3)16)8-15(9-12)13(17)5-2/h10-12,14,16H,4-9H2,1-3H3. The van der Waals surface area contributed by atoms with Crippen LogP contribution in [0, 0.1) is 5.92 Å². The predicted molar refractivity (Wildman–Crippen MR) is 68.7 cm³/mol. The van der Waals surface area contributed by atoms with Gasteiger partial charge in [0.2, 0.25) is 5.91 Å². The molecule has 4 heteroatoms. The third-order valence-corrected chi connectivity index (χ3v) is 3.50. The van der Waals surface area contributed by atoms with Gasteiger partial charge in [0.25, 0.3) is 0 Å². The number of nitrogens with zero attached hydrogens (tertiary/aromatic N) is 1. The third kappa shape index (κ3) is 4.28. The maximum Gasteiger partial charge on any atom is 0.222 e. The van der Waals surface area contributed by atoms with Crippen molar-refractivity contribution in [2.24, 2.45) is 5.92 Å². The predicted octanol–water partition coefficient (Wildman–Crippen LogP) is 0.994. The highest BCUT2D eigenvalue weighted by molar-refractivity contribution is 5.76. The van der Waals surface area contributed by atoms with Crippen LogP contribution in [0.3, 0.4) is 0 Å². The van der Waals surface area contributed by atoms with Crippen molar-refractivity contribution in [1.82, 2.24) is 10.2 Å². The SMILES string of the molecule is CCCNC1CC(C(C)O)CN(C(=O)CC)C1. The van der Waals surface area contributed by atoms with Gasteiger partial charge in [-0.05, 0) is 26.3 Å². The molecular weight excluding hydrogens is 216 g/mol. The van der Waals surface area contributed by atoms with E-state index >= 15 is 0 Å². The average molecular weight is 242 g/mol. The van der Waals surface area contributed by atoms with Crippen molar-refractivity contribution in [2.45, 2.75) is 52.2 Å². The van der Waals surface area contributed by atoms with Crippen molar-refractivity contribution in [3.8, 4) is 0 Å². The van der Waals surface area contributed by atoms with Gasteiger partial charge in [-0.2, -0.15) is 0 Å². The number of amides is 1. The van der Waals surface area contributed by atoms with Gasteiger partial charge in [-0.3, -0.25) is 4.79 Å². The van der Waals surface area contributed by atoms with Crippen LogP contribution < -0.4 is 5.32 Å². The Morgan fingerprint density at radius 2 is 2.18 bits per heavy atom. The summed E-state index contributed by atoms with van der Waals surface area (Å²) in [7, 11) is 0. The molecule has 2 N–H and O–H groups in total. The summed E-state index contributed by atoms with van der Waals surface area (Å²) in [6, 6.07) is 0.332. The van der Waals surface area contributed by atoms with Crippen LogP contribution in [0.25, 0.3) is 0 Å². The number of nitrogens with one attached hydrogen (secondary N) is 1. The highest BCUT2D eigenvalue weighted by Crippen LogP contribution is 2.20. The lowest BCUT2D eigenvalue weighted by Crippen LogP contribution is -2.53. The Bertz CT molecular complexity index is 244. The average Bonchev–Trinajstić information content (AvgIpc) is 2.34. The Hall–Kier alpha value is -0.610. The van der Waals surface area contributed by atoms with Gasteiger partial charge in [0.1, 0.15) is 0 Å². The van der Waals surface area contributed by atoms with Crippen molar-refractivity contribution in [2.75, 3.05) is 19.6 Å². The van der Waals surface area contributed by atoms with Gasteiger partial charge >= 0.3 is 0 Å². The van der Waals surface area contributed by atoms with Crippen LogP contribution in [0.1, 0.15) is 40.0 Å². The Balaban J connectivity index is 2.59. The largest absolute Gasteiger partial charge is 0.393 e. The molecule has 1 saturated heterocycles. The molecular formula is C13H26N2O2. The molecule has 1 aliphatic rings. The number of carbonyl (C=O) groups excluding carboxylic acids is 1. The molecule has 1 rings (SSSR count). The van der Waals surface area contributed by atoms with E-state index in [9.17, 15) is 9.90 Å². The van der Waals surface area contributed by atoms with Crippen LogP contribution in [-0.2, 0) is 4.79 Å². The molecule has 1 fully saturated rings. The maximum atomic E-state index is 11.8. The van der Waals surface area contributed by atoms with Crippen LogP contribution in [0.2, 0.25) is 0 Å². The fourth-order valence-electron chi connectivity index (χ4n) is 2.41. The van der Waals surface area contributed by atoms with E-state index in [0.29, 0.717) is 19.0 Å². The summed E-state index contributed by atoms with van der Waals surface area (Å²) in [5.41, 5.74) is 0. The normalized spacial score (nSPS) is 26.9. The van der Waals surface area contributed by atoms with Gasteiger partial charge in [-0.25, -0.2) is 0 Å². The molecule has 4 nitrogen and oxygen atoms in total. The lowest BCUT2D eigenvalue weighted by molar-refractivity contribution is -0.134. The van der Waals surface area contributed by atoms with E-state index in [4.69, 9.17) is 0 Å². The van der Waals surface area contributed by atoms with E-state index in [1.54, 1.807) is 0 Å². The lowest BCUT2D eigenvalue weighted by Gasteiger charge is -2.39. The van der Waals surface area contributed by atoms with Crippen molar-refractivity contribution in [3.63, 3.8) is 0 Å². The van der Waals surface area contributed by atoms with E-state index in [-0.39, 0.29) is 17.9 Å². The summed E-state index contributed by atoms with van der Waals surface area (Å²) < 4.78 is 0. The molecule has 0 radical (unpaired) electrons. The topological polar surface area (TPSA) is 52.6 Å². The Labute approximate surface area is 104 Å². The molecule has 100 valence electrons. The number of aliphatic hydroxyl groups is 1. The number of rotatable bonds is 5. The lowest BCUT2D eigenvalue weighted by atomic mass is 9.90. The molecule has 0 saturated carbocycles. The van der Waals surface area contributed by atoms with Crippen molar-refractivity contribution >= 4 is 5.91 Å². The van der Waals surface area contributed by atoms with Crippen LogP contribution in [0.15, 0.2) is 0 Å². The molecule has 0 aromatic heterocycles. The first-order valence-electron chi connectivity index (χ1n) is 6.77. The zero-order chi connectivity index (χ0) is 12.8. The van der Waals surface area contributed by atoms with Crippen LogP contribution in [0.5, 0.6) is 0 Å². The highest BCUT2D eigenvalue weighted by atomic mass is 16.3. The zero-order valence-corrected chi connectivity index (χ0v) is 11.3. The van der Waals surface area contributed by atoms with E-state index in [0.717, 1.165) is 25.9 Å². The first kappa shape index (κ1) is 14.5. The van der Waals surface area contributed by atoms with Gasteiger partial charge in [0.15, 0.2) is 0 Å². The molecule has 0 spiro atoms. The minimum Gasteiger partial charge on any atom is -0.393 e. The smallest absolute Gasteiger partial charge is 0.222 e. The number of hydrogen-bond acceptors (Lipinski definition) is 3. The number of piperidine rings is 1. The van der Waals surface area contributed by atoms with Gasteiger partial charge in [0.05, 0.1) is 6.10 Å². The molecule has 1 amide bonds. The molecule has 0 aliphatic carbocycles. The van der Waals surface area contributed by atoms with Gasteiger partial charge in [0, 0.05) is 31.5 Å². The molecule has 0 aromatic rings. The monoisotopic (exact) mass is 242 g/mol. The van der Waals surface area contributed by atoms with Crippen LogP contribution in [-0.4, -0.2) is 47.7 Å². The van der Waals surface area contributed by atoms with Crippen LogP contribution >= 0.6 is 0 Å². The summed E-state index contributed by atoms with van der Waals surface area (Å²) in [5.74, 6) is 0.396. The third-order valence-electron chi connectivity index (χ3n) is 3.50. The second kappa shape index (κ2) is 6.97. The van der Waals surface area contributed by atoms with Gasteiger partial charge in [-0.15, -0.1) is 0 Å². The Morgan fingerprint density at radius 1 is 1.47 bits per heavy atom. The molecule has 3 unspecified atom stereocenters. The van der Waals surface area contributed by atoms with E-state index in [1.165, 1.54) is 0 Å². The highest BCUT2D eigenvalue weighted by Gasteiger charge is 2.31. The van der Waals surface area contributed by atoms with E-state index in [1.807, 2.05) is 18.7 Å². The molecule has 17 heavy (non-hydrogen) atoms. The second-order valence-electron chi connectivity index (χ2n) is 5.04. The maximum absolute atomic E-state index is 11.8. The summed E-state index contributed by atoms with van der Waals surface area (Å²) in [6.07, 6.45) is 2.27. The Kier molecular flexibility index (Phi) is 5.92. The second-order valence-corrected chi connectivity index (χ2v) is 5.04. The zero-order valence-electron chi connectivity index (χ0n) is 11.3. The summed E-state index contributed by atoms with van der Waals surface area (Å²) in [6.45, 7) is 8.32. The fourth-order valence-corrected chi connectivity index (χ4v) is 2.41. The molecule has 3 atom stereocenters. The summed E-state index contributed by atoms with van der Waals surface area (Å²) >= 11 is 0. The first-order valence-corrected chi connectivity index (χ1v) is 6.77. The van der Waals surface area contributed by atoms with Crippen LogP contribution in [0.4, 0.5) is 0 Å². The number of hydrogen-bond donors (Lipinski definition) is 2. The minimum absolute atomic E-state index is 0.193. The minimum atomic E-state index is -0.339. The molecule has 0 aromatic carbocycles. The van der Waals surface area contributed by atoms with E-state index < -0.39 is 0 Å². The fraction of sp³-hybridized carbons (Fsp3) is 0.923. The number of likely N-dealkylation sites (tertiary alicyclic amines) is 1. The number of aliphatic hydroxyl groups excluding tert-OH is 1. The molecule has 1 heterocycles. The van der Waals surface area contributed by atoms with Gasteiger partial charge < -0.3 is 15.3 Å². The molecule has 1 aliphatic heterocycles. The van der Waals surface area contributed by atoms with Crippen molar-refractivity contribution in [1.29, 1.82) is 0 Å². The number of carbonyl (C=O) groups is 1. The summed E-state index contributed by atoms with van der Waals surface area (Å²) in [5, 5.41) is 13.2. The quantitative estimate of drug-likeness (QED) is 0.756. The molecule has 0 bridgehead atoms. The van der Waals surface area contributed by atoms with Gasteiger partial charge in [-0.1, -0.05) is 13.8 Å². The first-order chi connectivity index (χ1) is 8.08. The van der Waals surface area contributed by atoms with Crippen molar-refractivity contribution < 1.29 is 9.90 Å². The summed E-state index contributed by atoms with van der Waals surface area (Å²) in [4.78, 5) is 13.7. The Morgan fingerprint density at radius 3 is 2.71 bits per heavy atom. The van der Waals surface area contributed by atoms with E-state index in [2.05, 4.69) is 12.2 Å².